The number of ether oxygens (including phenoxy) is 1. The molecule has 0 unspecified atom stereocenters. The molecule has 7 heteroatoms. The highest BCUT2D eigenvalue weighted by molar-refractivity contribution is 6.00. The molecule has 3 rings (SSSR count). The van der Waals surface area contributed by atoms with Crippen molar-refractivity contribution in [1.82, 2.24) is 9.80 Å². The van der Waals surface area contributed by atoms with E-state index in [0.29, 0.717) is 39.3 Å². The van der Waals surface area contributed by atoms with Gasteiger partial charge in [-0.2, -0.15) is 0 Å². The fraction of sp³-hybridized carbons (Fsp3) is 0.526. The molecule has 1 atom stereocenters. The van der Waals surface area contributed by atoms with Crippen molar-refractivity contribution in [1.29, 1.82) is 0 Å². The third kappa shape index (κ3) is 3.81. The summed E-state index contributed by atoms with van der Waals surface area (Å²) in [5, 5.41) is 0. The second-order valence-electron chi connectivity index (χ2n) is 6.75. The Hall–Kier alpha value is -2.57. The summed E-state index contributed by atoms with van der Waals surface area (Å²) in [6, 6.07) is 7.76. The van der Waals surface area contributed by atoms with E-state index in [1.165, 1.54) is 0 Å². The van der Waals surface area contributed by atoms with Gasteiger partial charge in [-0.25, -0.2) is 4.79 Å². The van der Waals surface area contributed by atoms with Crippen molar-refractivity contribution >= 4 is 23.6 Å². The van der Waals surface area contributed by atoms with Gasteiger partial charge in [-0.1, -0.05) is 17.7 Å². The first-order valence-electron chi connectivity index (χ1n) is 9.07. The third-order valence-electron chi connectivity index (χ3n) is 4.94. The molecule has 1 aromatic carbocycles. The summed E-state index contributed by atoms with van der Waals surface area (Å²) in [6.45, 7) is 6.42. The standard InChI is InChI=1S/C19H25N3O4/c1-3-26-19(25)21-10-8-20(9-11-21)18(24)15-12-17(23)22(13-15)16-6-4-14(2)5-7-16/h4-7,15H,3,8-13H2,1-2H3/t15-/m1/s1. The quantitative estimate of drug-likeness (QED) is 0.823. The predicted octanol–water partition coefficient (Wildman–Crippen LogP) is 1.65. The van der Waals surface area contributed by atoms with Gasteiger partial charge >= 0.3 is 6.09 Å². The Morgan fingerprint density at radius 2 is 1.69 bits per heavy atom. The predicted molar refractivity (Wildman–Crippen MR) is 96.8 cm³/mol. The lowest BCUT2D eigenvalue weighted by molar-refractivity contribution is -0.137. The van der Waals surface area contributed by atoms with E-state index in [4.69, 9.17) is 4.74 Å². The van der Waals surface area contributed by atoms with Crippen LogP contribution in [0.1, 0.15) is 18.9 Å². The fourth-order valence-electron chi connectivity index (χ4n) is 3.43. The normalized spacial score (nSPS) is 20.5. The molecule has 0 saturated carbocycles. The molecule has 2 aliphatic heterocycles. The van der Waals surface area contributed by atoms with Crippen LogP contribution in [-0.4, -0.2) is 67.0 Å². The molecule has 2 fully saturated rings. The van der Waals surface area contributed by atoms with Gasteiger partial charge in [-0.05, 0) is 26.0 Å². The minimum atomic E-state index is -0.332. The van der Waals surface area contributed by atoms with Gasteiger partial charge in [0, 0.05) is 44.8 Å². The van der Waals surface area contributed by atoms with E-state index in [1.54, 1.807) is 21.6 Å². The SMILES string of the molecule is CCOC(=O)N1CCN(C(=O)[C@@H]2CC(=O)N(c3ccc(C)cc3)C2)CC1. The number of anilines is 1. The van der Waals surface area contributed by atoms with Gasteiger partial charge in [0.2, 0.25) is 11.8 Å². The van der Waals surface area contributed by atoms with Gasteiger partial charge in [-0.3, -0.25) is 9.59 Å². The topological polar surface area (TPSA) is 70.2 Å². The Morgan fingerprint density at radius 3 is 2.31 bits per heavy atom. The molecule has 7 nitrogen and oxygen atoms in total. The largest absolute Gasteiger partial charge is 0.450 e. The number of carbonyl (C=O) groups excluding carboxylic acids is 3. The van der Waals surface area contributed by atoms with E-state index >= 15 is 0 Å². The van der Waals surface area contributed by atoms with Crippen LogP contribution in [0.25, 0.3) is 0 Å². The van der Waals surface area contributed by atoms with Gasteiger partial charge in [0.25, 0.3) is 0 Å². The van der Waals surface area contributed by atoms with Crippen LogP contribution in [0.2, 0.25) is 0 Å². The highest BCUT2D eigenvalue weighted by Crippen LogP contribution is 2.27. The zero-order chi connectivity index (χ0) is 18.7. The number of carbonyl (C=O) groups is 3. The van der Waals surface area contributed by atoms with Gasteiger partial charge in [0.05, 0.1) is 12.5 Å². The molecule has 0 bridgehead atoms. The van der Waals surface area contributed by atoms with Crippen molar-refractivity contribution in [3.05, 3.63) is 29.8 Å². The Kier molecular flexibility index (Phi) is 5.44. The Balaban J connectivity index is 1.57. The molecule has 140 valence electrons. The van der Waals surface area contributed by atoms with Crippen molar-refractivity contribution in [3.8, 4) is 0 Å². The molecule has 0 aliphatic carbocycles. The number of nitrogens with zero attached hydrogens (tertiary/aromatic N) is 3. The van der Waals surface area contributed by atoms with Gasteiger partial charge in [0.1, 0.15) is 0 Å². The van der Waals surface area contributed by atoms with Crippen molar-refractivity contribution in [3.63, 3.8) is 0 Å². The van der Waals surface area contributed by atoms with Crippen LogP contribution in [0.3, 0.4) is 0 Å². The average molecular weight is 359 g/mol. The monoisotopic (exact) mass is 359 g/mol. The van der Waals surface area contributed by atoms with Crippen molar-refractivity contribution < 1.29 is 19.1 Å². The number of hydrogen-bond donors (Lipinski definition) is 0. The molecule has 2 heterocycles. The van der Waals surface area contributed by atoms with Crippen LogP contribution < -0.4 is 4.90 Å². The van der Waals surface area contributed by atoms with E-state index in [1.807, 2.05) is 31.2 Å². The Labute approximate surface area is 153 Å². The van der Waals surface area contributed by atoms with Gasteiger partial charge < -0.3 is 19.4 Å². The van der Waals surface area contributed by atoms with Crippen LogP contribution >= 0.6 is 0 Å². The first-order chi connectivity index (χ1) is 12.5. The molecule has 0 N–H and O–H groups in total. The van der Waals surface area contributed by atoms with Gasteiger partial charge in [0.15, 0.2) is 0 Å². The van der Waals surface area contributed by atoms with Crippen LogP contribution in [0.4, 0.5) is 10.5 Å². The first-order valence-corrected chi connectivity index (χ1v) is 9.07. The minimum absolute atomic E-state index is 0.00327. The fourth-order valence-corrected chi connectivity index (χ4v) is 3.43. The molecule has 2 aliphatic rings. The van der Waals surface area contributed by atoms with Crippen LogP contribution in [0.15, 0.2) is 24.3 Å². The third-order valence-corrected chi connectivity index (χ3v) is 4.94. The van der Waals surface area contributed by atoms with Crippen LogP contribution in [0, 0.1) is 12.8 Å². The number of hydrogen-bond acceptors (Lipinski definition) is 4. The lowest BCUT2D eigenvalue weighted by Gasteiger charge is -2.35. The molecule has 1 aromatic rings. The van der Waals surface area contributed by atoms with Crippen molar-refractivity contribution in [2.75, 3.05) is 44.2 Å². The van der Waals surface area contributed by atoms with Crippen LogP contribution in [0.5, 0.6) is 0 Å². The highest BCUT2D eigenvalue weighted by atomic mass is 16.6. The first kappa shape index (κ1) is 18.2. The second-order valence-corrected chi connectivity index (χ2v) is 6.75. The molecule has 0 aromatic heterocycles. The Bertz CT molecular complexity index is 681. The average Bonchev–Trinajstić information content (AvgIpc) is 3.04. The number of piperazine rings is 1. The molecule has 3 amide bonds. The van der Waals surface area contributed by atoms with E-state index < -0.39 is 0 Å². The summed E-state index contributed by atoms with van der Waals surface area (Å²) in [7, 11) is 0. The number of rotatable bonds is 3. The lowest BCUT2D eigenvalue weighted by Crippen LogP contribution is -2.52. The maximum Gasteiger partial charge on any atom is 0.409 e. The second kappa shape index (κ2) is 7.76. The maximum absolute atomic E-state index is 12.8. The highest BCUT2D eigenvalue weighted by Gasteiger charge is 2.38. The lowest BCUT2D eigenvalue weighted by atomic mass is 10.1. The molecular weight excluding hydrogens is 334 g/mol. The maximum atomic E-state index is 12.8. The summed E-state index contributed by atoms with van der Waals surface area (Å²) in [5.74, 6) is -0.341. The summed E-state index contributed by atoms with van der Waals surface area (Å²) in [5.41, 5.74) is 1.97. The summed E-state index contributed by atoms with van der Waals surface area (Å²) in [6.07, 6.45) is -0.0914. The molecule has 0 radical (unpaired) electrons. The zero-order valence-electron chi connectivity index (χ0n) is 15.3. The zero-order valence-corrected chi connectivity index (χ0v) is 15.3. The van der Waals surface area contributed by atoms with Crippen molar-refractivity contribution in [2.24, 2.45) is 5.92 Å². The summed E-state index contributed by atoms with van der Waals surface area (Å²) < 4.78 is 4.99. The van der Waals surface area contributed by atoms with Crippen molar-refractivity contribution in [2.45, 2.75) is 20.3 Å². The van der Waals surface area contributed by atoms with E-state index in [2.05, 4.69) is 0 Å². The molecule has 2 saturated heterocycles. The number of aryl methyl sites for hydroxylation is 1. The Morgan fingerprint density at radius 1 is 1.08 bits per heavy atom. The van der Waals surface area contributed by atoms with E-state index in [9.17, 15) is 14.4 Å². The summed E-state index contributed by atoms with van der Waals surface area (Å²) in [4.78, 5) is 42.0. The number of amides is 3. The number of benzene rings is 1. The van der Waals surface area contributed by atoms with Gasteiger partial charge in [-0.15, -0.1) is 0 Å². The molecule has 26 heavy (non-hydrogen) atoms. The molecule has 0 spiro atoms. The summed E-state index contributed by atoms with van der Waals surface area (Å²) >= 11 is 0. The molecular formula is C19H25N3O4. The van der Waals surface area contributed by atoms with E-state index in [-0.39, 0.29) is 30.2 Å². The minimum Gasteiger partial charge on any atom is -0.450 e. The smallest absolute Gasteiger partial charge is 0.409 e. The van der Waals surface area contributed by atoms with Crippen LogP contribution in [-0.2, 0) is 14.3 Å². The van der Waals surface area contributed by atoms with E-state index in [0.717, 1.165) is 11.3 Å².